The van der Waals surface area contributed by atoms with Crippen molar-refractivity contribution in [2.75, 3.05) is 20.2 Å². The van der Waals surface area contributed by atoms with Crippen LogP contribution in [-0.4, -0.2) is 36.3 Å². The zero-order valence-corrected chi connectivity index (χ0v) is 17.5. The van der Waals surface area contributed by atoms with E-state index in [1.165, 1.54) is 0 Å². The third-order valence-corrected chi connectivity index (χ3v) is 4.45. The zero-order valence-electron chi connectivity index (χ0n) is 16.8. The van der Waals surface area contributed by atoms with Crippen molar-refractivity contribution in [3.63, 3.8) is 0 Å². The van der Waals surface area contributed by atoms with E-state index in [1.807, 2.05) is 36.4 Å². The lowest BCUT2D eigenvalue weighted by molar-refractivity contribution is 0.358. The van der Waals surface area contributed by atoms with Gasteiger partial charge in [0.15, 0.2) is 5.96 Å². The maximum absolute atomic E-state index is 5.91. The Hall–Kier alpha value is -3.32. The summed E-state index contributed by atoms with van der Waals surface area (Å²) in [6, 6.07) is 15.2. The van der Waals surface area contributed by atoms with Gasteiger partial charge in [-0.2, -0.15) is 4.98 Å². The minimum Gasteiger partial charge on any atom is -0.489 e. The lowest BCUT2D eigenvalue weighted by Gasteiger charge is -2.14. The molecule has 0 radical (unpaired) electrons. The molecular weight excluding hydrogens is 402 g/mol. The van der Waals surface area contributed by atoms with Gasteiger partial charge in [0.05, 0.1) is 0 Å². The van der Waals surface area contributed by atoms with E-state index in [0.29, 0.717) is 48.8 Å². The van der Waals surface area contributed by atoms with Gasteiger partial charge >= 0.3 is 0 Å². The Morgan fingerprint density at radius 2 is 2.00 bits per heavy atom. The minimum atomic E-state index is 0.464. The summed E-state index contributed by atoms with van der Waals surface area (Å²) in [5.74, 6) is 2.58. The molecule has 0 saturated heterocycles. The highest BCUT2D eigenvalue weighted by Crippen LogP contribution is 2.19. The fourth-order valence-electron chi connectivity index (χ4n) is 2.70. The van der Waals surface area contributed by atoms with E-state index in [-0.39, 0.29) is 0 Å². The minimum absolute atomic E-state index is 0.464. The molecule has 3 rings (SSSR count). The molecule has 7 nitrogen and oxygen atoms in total. The smallest absolute Gasteiger partial charge is 0.228 e. The molecule has 0 saturated carbocycles. The maximum Gasteiger partial charge on any atom is 0.228 e. The Morgan fingerprint density at radius 3 is 2.77 bits per heavy atom. The van der Waals surface area contributed by atoms with Crippen LogP contribution in [0, 0.1) is 0 Å². The summed E-state index contributed by atoms with van der Waals surface area (Å²) in [6.07, 6.45) is 2.29. The lowest BCUT2D eigenvalue weighted by atomic mass is 10.2. The summed E-state index contributed by atoms with van der Waals surface area (Å²) in [6.45, 7) is 5.32. The van der Waals surface area contributed by atoms with Crippen LogP contribution in [-0.2, 0) is 13.0 Å². The number of rotatable bonds is 9. The summed E-state index contributed by atoms with van der Waals surface area (Å²) >= 11 is 5.91. The largest absolute Gasteiger partial charge is 0.489 e. The fraction of sp³-hybridized carbons (Fsp3) is 0.227. The number of aliphatic imine (C=N–C) groups is 1. The lowest BCUT2D eigenvalue weighted by Crippen LogP contribution is -2.38. The maximum atomic E-state index is 5.91. The van der Waals surface area contributed by atoms with Crippen LogP contribution in [0.3, 0.4) is 0 Å². The van der Waals surface area contributed by atoms with Crippen LogP contribution in [0.25, 0.3) is 11.4 Å². The normalized spacial score (nSPS) is 11.2. The molecule has 0 fully saturated rings. The molecule has 0 atom stereocenters. The Kier molecular flexibility index (Phi) is 7.86. The first-order valence-corrected chi connectivity index (χ1v) is 9.92. The number of guanidine groups is 1. The number of hydrogen-bond donors (Lipinski definition) is 2. The molecule has 0 unspecified atom stereocenters. The number of nitrogens with zero attached hydrogens (tertiary/aromatic N) is 3. The van der Waals surface area contributed by atoms with Gasteiger partial charge < -0.3 is 19.9 Å². The van der Waals surface area contributed by atoms with Crippen molar-refractivity contribution in [2.45, 2.75) is 13.0 Å². The van der Waals surface area contributed by atoms with Crippen molar-refractivity contribution in [1.29, 1.82) is 0 Å². The molecule has 0 aliphatic carbocycles. The monoisotopic (exact) mass is 425 g/mol. The summed E-state index contributed by atoms with van der Waals surface area (Å²) in [7, 11) is 1.72. The number of benzene rings is 2. The third-order valence-electron chi connectivity index (χ3n) is 4.20. The number of nitrogens with one attached hydrogen (secondary N) is 2. The highest BCUT2D eigenvalue weighted by molar-refractivity contribution is 6.30. The van der Waals surface area contributed by atoms with Crippen molar-refractivity contribution in [3.05, 3.63) is 77.7 Å². The molecule has 0 spiro atoms. The van der Waals surface area contributed by atoms with Gasteiger partial charge in [0.1, 0.15) is 12.4 Å². The summed E-state index contributed by atoms with van der Waals surface area (Å²) in [5, 5.41) is 11.2. The number of para-hydroxylation sites is 1. The van der Waals surface area contributed by atoms with Gasteiger partial charge in [-0.25, -0.2) is 0 Å². The predicted octanol–water partition coefficient (Wildman–Crippen LogP) is 3.86. The molecular formula is C22H24ClN5O2. The van der Waals surface area contributed by atoms with Crippen molar-refractivity contribution < 1.29 is 9.26 Å². The van der Waals surface area contributed by atoms with Crippen LogP contribution < -0.4 is 15.4 Å². The van der Waals surface area contributed by atoms with E-state index in [0.717, 1.165) is 16.9 Å². The molecule has 0 aliphatic heterocycles. The molecule has 30 heavy (non-hydrogen) atoms. The fourth-order valence-corrected chi connectivity index (χ4v) is 2.83. The van der Waals surface area contributed by atoms with Crippen LogP contribution in [0.4, 0.5) is 0 Å². The molecule has 3 aromatic rings. The zero-order chi connectivity index (χ0) is 21.2. The van der Waals surface area contributed by atoms with Crippen molar-refractivity contribution >= 4 is 17.6 Å². The van der Waals surface area contributed by atoms with E-state index >= 15 is 0 Å². The number of aromatic nitrogens is 2. The van der Waals surface area contributed by atoms with Crippen LogP contribution >= 0.6 is 11.6 Å². The van der Waals surface area contributed by atoms with E-state index in [4.69, 9.17) is 20.9 Å². The third kappa shape index (κ3) is 6.09. The standard InChI is InChI=1S/C22H24ClN5O2/c1-3-14-29-19-7-5-4-6-17(19)15-26-22(24-2)25-13-12-20-27-21(28-30-20)16-8-10-18(23)11-9-16/h3-11H,1,12-15H2,2H3,(H2,24,25,26). The topological polar surface area (TPSA) is 84.6 Å². The number of ether oxygens (including phenoxy) is 1. The van der Waals surface area contributed by atoms with Gasteiger partial charge in [-0.05, 0) is 30.3 Å². The first-order chi connectivity index (χ1) is 14.7. The number of hydrogen-bond acceptors (Lipinski definition) is 5. The second kappa shape index (κ2) is 11.0. The van der Waals surface area contributed by atoms with E-state index in [2.05, 4.69) is 32.3 Å². The molecule has 0 aliphatic rings. The van der Waals surface area contributed by atoms with Gasteiger partial charge in [-0.1, -0.05) is 47.6 Å². The molecule has 2 N–H and O–H groups in total. The van der Waals surface area contributed by atoms with E-state index < -0.39 is 0 Å². The SMILES string of the molecule is C=CCOc1ccccc1CNC(=NC)NCCc1nc(-c2ccc(Cl)cc2)no1. The van der Waals surface area contributed by atoms with Gasteiger partial charge in [-0.15, -0.1) is 0 Å². The van der Waals surface area contributed by atoms with Gasteiger partial charge in [-0.3, -0.25) is 4.99 Å². The first kappa shape index (κ1) is 21.4. The average Bonchev–Trinajstić information content (AvgIpc) is 3.24. The molecule has 1 heterocycles. The quantitative estimate of drug-likeness (QED) is 0.307. The van der Waals surface area contributed by atoms with Crippen LogP contribution in [0.15, 0.2) is 70.7 Å². The Morgan fingerprint density at radius 1 is 1.20 bits per heavy atom. The molecule has 156 valence electrons. The van der Waals surface area contributed by atoms with Crippen LogP contribution in [0.1, 0.15) is 11.5 Å². The average molecular weight is 426 g/mol. The van der Waals surface area contributed by atoms with Crippen LogP contribution in [0.5, 0.6) is 5.75 Å². The molecule has 8 heteroatoms. The van der Waals surface area contributed by atoms with Crippen molar-refractivity contribution in [3.8, 4) is 17.1 Å². The second-order valence-corrected chi connectivity index (χ2v) is 6.76. The first-order valence-electron chi connectivity index (χ1n) is 9.54. The number of halogens is 1. The summed E-state index contributed by atoms with van der Waals surface area (Å²) < 4.78 is 11.0. The molecule has 1 aromatic heterocycles. The van der Waals surface area contributed by atoms with Gasteiger partial charge in [0.2, 0.25) is 11.7 Å². The van der Waals surface area contributed by atoms with E-state index in [1.54, 1.807) is 25.3 Å². The highest BCUT2D eigenvalue weighted by atomic mass is 35.5. The Labute approximate surface area is 180 Å². The molecule has 2 aromatic carbocycles. The predicted molar refractivity (Wildman–Crippen MR) is 119 cm³/mol. The molecule has 0 bridgehead atoms. The van der Waals surface area contributed by atoms with Gasteiger partial charge in [0.25, 0.3) is 0 Å². The summed E-state index contributed by atoms with van der Waals surface area (Å²) in [5.41, 5.74) is 1.89. The van der Waals surface area contributed by atoms with Gasteiger partial charge in [0, 0.05) is 42.7 Å². The second-order valence-electron chi connectivity index (χ2n) is 6.33. The van der Waals surface area contributed by atoms with Crippen LogP contribution in [0.2, 0.25) is 5.02 Å². The summed E-state index contributed by atoms with van der Waals surface area (Å²) in [4.78, 5) is 8.67. The Bertz CT molecular complexity index is 985. The van der Waals surface area contributed by atoms with Crippen molar-refractivity contribution in [2.24, 2.45) is 4.99 Å². The Balaban J connectivity index is 1.48. The molecule has 0 amide bonds. The van der Waals surface area contributed by atoms with E-state index in [9.17, 15) is 0 Å². The van der Waals surface area contributed by atoms with Crippen molar-refractivity contribution in [1.82, 2.24) is 20.8 Å². The highest BCUT2D eigenvalue weighted by Gasteiger charge is 2.09.